The normalized spacial score (nSPS) is 25.1. The van der Waals surface area contributed by atoms with Crippen molar-refractivity contribution in [2.24, 2.45) is 0 Å². The summed E-state index contributed by atoms with van der Waals surface area (Å²) in [6, 6.07) is 1.08. The van der Waals surface area contributed by atoms with Crippen molar-refractivity contribution in [1.82, 2.24) is 25.2 Å². The monoisotopic (exact) mass is 287 g/mol. The molecule has 0 saturated carbocycles. The Bertz CT molecular complexity index is 398. The van der Waals surface area contributed by atoms with Crippen LogP contribution >= 0.6 is 12.4 Å². The van der Waals surface area contributed by atoms with E-state index in [1.807, 2.05) is 4.68 Å². The Morgan fingerprint density at radius 3 is 2.63 bits per heavy atom. The van der Waals surface area contributed by atoms with Crippen LogP contribution in [0.5, 0.6) is 0 Å². The molecule has 1 aromatic rings. The summed E-state index contributed by atoms with van der Waals surface area (Å²) in [4.78, 5) is 2.47. The molecule has 1 aliphatic rings. The zero-order valence-electron chi connectivity index (χ0n) is 12.6. The van der Waals surface area contributed by atoms with Crippen LogP contribution in [0.1, 0.15) is 40.3 Å². The SMILES string of the molecule is CC1NCCN(Cc2cn(C(C)(C)C)nn2)C1C.Cl. The van der Waals surface area contributed by atoms with Crippen molar-refractivity contribution in [1.29, 1.82) is 0 Å². The highest BCUT2D eigenvalue weighted by molar-refractivity contribution is 5.85. The second kappa shape index (κ2) is 6.20. The van der Waals surface area contributed by atoms with Gasteiger partial charge in [-0.3, -0.25) is 4.90 Å². The van der Waals surface area contributed by atoms with Gasteiger partial charge in [-0.05, 0) is 34.6 Å². The second-order valence-electron chi connectivity index (χ2n) is 6.28. The summed E-state index contributed by atoms with van der Waals surface area (Å²) in [6.07, 6.45) is 2.07. The Kier molecular flexibility index (Phi) is 5.35. The highest BCUT2D eigenvalue weighted by atomic mass is 35.5. The van der Waals surface area contributed by atoms with Crippen LogP contribution in [0.2, 0.25) is 0 Å². The molecule has 6 heteroatoms. The summed E-state index contributed by atoms with van der Waals surface area (Å²) in [5.41, 5.74) is 1.07. The molecule has 19 heavy (non-hydrogen) atoms. The molecule has 2 rings (SSSR count). The molecule has 1 aliphatic heterocycles. The van der Waals surface area contributed by atoms with Gasteiger partial charge in [-0.15, -0.1) is 17.5 Å². The van der Waals surface area contributed by atoms with Crippen molar-refractivity contribution < 1.29 is 0 Å². The van der Waals surface area contributed by atoms with Gasteiger partial charge in [0, 0.05) is 31.7 Å². The van der Waals surface area contributed by atoms with Crippen LogP contribution in [-0.2, 0) is 12.1 Å². The van der Waals surface area contributed by atoms with Crippen molar-refractivity contribution in [3.8, 4) is 0 Å². The minimum absolute atomic E-state index is 0. The van der Waals surface area contributed by atoms with E-state index in [2.05, 4.69) is 61.3 Å². The zero-order valence-corrected chi connectivity index (χ0v) is 13.4. The lowest BCUT2D eigenvalue weighted by Gasteiger charge is -2.38. The van der Waals surface area contributed by atoms with Crippen molar-refractivity contribution in [3.05, 3.63) is 11.9 Å². The van der Waals surface area contributed by atoms with Gasteiger partial charge < -0.3 is 5.32 Å². The topological polar surface area (TPSA) is 46.0 Å². The Hall–Kier alpha value is -0.650. The van der Waals surface area contributed by atoms with Gasteiger partial charge in [-0.1, -0.05) is 5.21 Å². The minimum atomic E-state index is 0. The third-order valence-corrected chi connectivity index (χ3v) is 3.76. The van der Waals surface area contributed by atoms with E-state index < -0.39 is 0 Å². The molecule has 2 atom stereocenters. The number of rotatable bonds is 2. The molecule has 110 valence electrons. The number of nitrogens with zero attached hydrogens (tertiary/aromatic N) is 4. The van der Waals surface area contributed by atoms with Gasteiger partial charge in [0.05, 0.1) is 17.4 Å². The van der Waals surface area contributed by atoms with Crippen LogP contribution < -0.4 is 5.32 Å². The van der Waals surface area contributed by atoms with Gasteiger partial charge in [0.1, 0.15) is 0 Å². The average molecular weight is 288 g/mol. The first-order chi connectivity index (χ1) is 8.38. The van der Waals surface area contributed by atoms with Crippen molar-refractivity contribution in [2.75, 3.05) is 13.1 Å². The Balaban J connectivity index is 0.00000180. The van der Waals surface area contributed by atoms with E-state index in [4.69, 9.17) is 0 Å². The molecule has 1 N–H and O–H groups in total. The molecular formula is C13H26ClN5. The van der Waals surface area contributed by atoms with Gasteiger partial charge in [0.25, 0.3) is 0 Å². The van der Waals surface area contributed by atoms with Crippen LogP contribution in [0.3, 0.4) is 0 Å². The number of hydrogen-bond acceptors (Lipinski definition) is 4. The summed E-state index contributed by atoms with van der Waals surface area (Å²) >= 11 is 0. The molecule has 1 fully saturated rings. The molecule has 0 radical (unpaired) electrons. The van der Waals surface area contributed by atoms with Crippen LogP contribution in [-0.4, -0.2) is 45.1 Å². The van der Waals surface area contributed by atoms with Crippen LogP contribution in [0.25, 0.3) is 0 Å². The first-order valence-electron chi connectivity index (χ1n) is 6.77. The number of aromatic nitrogens is 3. The maximum absolute atomic E-state index is 4.29. The molecule has 0 spiro atoms. The predicted molar refractivity (Wildman–Crippen MR) is 79.6 cm³/mol. The lowest BCUT2D eigenvalue weighted by molar-refractivity contribution is 0.129. The lowest BCUT2D eigenvalue weighted by Crippen LogP contribution is -2.54. The Labute approximate surface area is 122 Å². The van der Waals surface area contributed by atoms with E-state index in [-0.39, 0.29) is 17.9 Å². The molecule has 2 heterocycles. The molecule has 0 bridgehead atoms. The largest absolute Gasteiger partial charge is 0.311 e. The highest BCUT2D eigenvalue weighted by Crippen LogP contribution is 2.15. The maximum atomic E-state index is 4.29. The number of nitrogens with one attached hydrogen (secondary N) is 1. The summed E-state index contributed by atoms with van der Waals surface area (Å²) in [7, 11) is 0. The first kappa shape index (κ1) is 16.4. The van der Waals surface area contributed by atoms with Gasteiger partial charge >= 0.3 is 0 Å². The number of halogens is 1. The van der Waals surface area contributed by atoms with E-state index in [0.29, 0.717) is 12.1 Å². The minimum Gasteiger partial charge on any atom is -0.311 e. The molecule has 0 amide bonds. The summed E-state index contributed by atoms with van der Waals surface area (Å²) in [5.74, 6) is 0. The second-order valence-corrected chi connectivity index (χ2v) is 6.28. The van der Waals surface area contributed by atoms with E-state index in [0.717, 1.165) is 25.3 Å². The highest BCUT2D eigenvalue weighted by Gasteiger charge is 2.25. The van der Waals surface area contributed by atoms with Gasteiger partial charge in [-0.25, -0.2) is 4.68 Å². The maximum Gasteiger partial charge on any atom is 0.0967 e. The smallest absolute Gasteiger partial charge is 0.0967 e. The number of piperazine rings is 1. The van der Waals surface area contributed by atoms with E-state index in [1.165, 1.54) is 0 Å². The predicted octanol–water partition coefficient (Wildman–Crippen LogP) is 1.64. The third kappa shape index (κ3) is 3.91. The standard InChI is InChI=1S/C13H25N5.ClH/c1-10-11(2)17(7-6-14-10)8-12-9-18(16-15-12)13(3,4)5;/h9-11,14H,6-8H2,1-5H3;1H. The quantitative estimate of drug-likeness (QED) is 0.898. The first-order valence-corrected chi connectivity index (χ1v) is 6.77. The summed E-state index contributed by atoms with van der Waals surface area (Å²) < 4.78 is 1.94. The molecule has 5 nitrogen and oxygen atoms in total. The van der Waals surface area contributed by atoms with Crippen molar-refractivity contribution >= 4 is 12.4 Å². The van der Waals surface area contributed by atoms with Gasteiger partial charge in [0.2, 0.25) is 0 Å². The van der Waals surface area contributed by atoms with Crippen LogP contribution in [0, 0.1) is 0 Å². The van der Waals surface area contributed by atoms with E-state index in [1.54, 1.807) is 0 Å². The lowest BCUT2D eigenvalue weighted by atomic mass is 10.1. The molecule has 1 saturated heterocycles. The summed E-state index contributed by atoms with van der Waals surface area (Å²) in [5, 5.41) is 12.0. The van der Waals surface area contributed by atoms with Crippen LogP contribution in [0.4, 0.5) is 0 Å². The van der Waals surface area contributed by atoms with E-state index in [9.17, 15) is 0 Å². The zero-order chi connectivity index (χ0) is 13.3. The molecule has 0 aromatic carbocycles. The molecule has 2 unspecified atom stereocenters. The molecular weight excluding hydrogens is 262 g/mol. The Morgan fingerprint density at radius 2 is 2.05 bits per heavy atom. The fraction of sp³-hybridized carbons (Fsp3) is 0.846. The van der Waals surface area contributed by atoms with Gasteiger partial charge in [0.15, 0.2) is 0 Å². The van der Waals surface area contributed by atoms with Crippen molar-refractivity contribution in [2.45, 2.75) is 58.8 Å². The molecule has 0 aliphatic carbocycles. The average Bonchev–Trinajstić information content (AvgIpc) is 2.73. The fourth-order valence-corrected chi connectivity index (χ4v) is 2.26. The van der Waals surface area contributed by atoms with Crippen LogP contribution in [0.15, 0.2) is 6.20 Å². The Morgan fingerprint density at radius 1 is 1.37 bits per heavy atom. The molecule has 1 aromatic heterocycles. The fourth-order valence-electron chi connectivity index (χ4n) is 2.26. The van der Waals surface area contributed by atoms with E-state index >= 15 is 0 Å². The third-order valence-electron chi connectivity index (χ3n) is 3.76. The summed E-state index contributed by atoms with van der Waals surface area (Å²) in [6.45, 7) is 14.0. The van der Waals surface area contributed by atoms with Gasteiger partial charge in [-0.2, -0.15) is 0 Å². The van der Waals surface area contributed by atoms with Crippen molar-refractivity contribution in [3.63, 3.8) is 0 Å². The number of hydrogen-bond donors (Lipinski definition) is 1.